The highest BCUT2D eigenvalue weighted by atomic mass is 32.1. The van der Waals surface area contributed by atoms with Crippen LogP contribution in [0.5, 0.6) is 0 Å². The summed E-state index contributed by atoms with van der Waals surface area (Å²) in [6.07, 6.45) is 1.98. The standard InChI is InChI=1S/C12H19N5O3S/c1-4-5-6-13-11(21)15-14-10(19)8-7-9(18)17(3)12(20)16(8)2/h7H,4-6H2,1-3H3,(H,14,19)(H2,13,15,21). The number of hydrogen-bond acceptors (Lipinski definition) is 4. The van der Waals surface area contributed by atoms with Crippen molar-refractivity contribution in [2.45, 2.75) is 19.8 Å². The summed E-state index contributed by atoms with van der Waals surface area (Å²) >= 11 is 4.97. The van der Waals surface area contributed by atoms with Crippen LogP contribution in [0.15, 0.2) is 15.7 Å². The van der Waals surface area contributed by atoms with Gasteiger partial charge in [-0.3, -0.25) is 29.6 Å². The van der Waals surface area contributed by atoms with Crippen LogP contribution in [-0.4, -0.2) is 26.7 Å². The van der Waals surface area contributed by atoms with Gasteiger partial charge in [0.05, 0.1) is 0 Å². The molecule has 116 valence electrons. The zero-order valence-electron chi connectivity index (χ0n) is 12.2. The van der Waals surface area contributed by atoms with Crippen LogP contribution < -0.4 is 27.4 Å². The summed E-state index contributed by atoms with van der Waals surface area (Å²) in [6, 6.07) is 1.09. The Hall–Kier alpha value is -2.16. The lowest BCUT2D eigenvalue weighted by atomic mass is 10.3. The lowest BCUT2D eigenvalue weighted by molar-refractivity contribution is 0.0933. The number of carbonyl (C=O) groups excluding carboxylic acids is 1. The van der Waals surface area contributed by atoms with E-state index in [1.807, 2.05) is 0 Å². The van der Waals surface area contributed by atoms with Gasteiger partial charge in [-0.05, 0) is 18.6 Å². The van der Waals surface area contributed by atoms with Crippen molar-refractivity contribution in [3.05, 3.63) is 32.6 Å². The molecule has 0 unspecified atom stereocenters. The van der Waals surface area contributed by atoms with Crippen molar-refractivity contribution in [3.63, 3.8) is 0 Å². The third-order valence-corrected chi connectivity index (χ3v) is 3.11. The fraction of sp³-hybridized carbons (Fsp3) is 0.500. The Kier molecular flexibility index (Phi) is 6.10. The Morgan fingerprint density at radius 2 is 1.90 bits per heavy atom. The van der Waals surface area contributed by atoms with Crippen molar-refractivity contribution in [1.82, 2.24) is 25.3 Å². The van der Waals surface area contributed by atoms with E-state index in [1.165, 1.54) is 14.1 Å². The van der Waals surface area contributed by atoms with Crippen LogP contribution in [-0.2, 0) is 14.1 Å². The van der Waals surface area contributed by atoms with Crippen molar-refractivity contribution < 1.29 is 4.79 Å². The fourth-order valence-corrected chi connectivity index (χ4v) is 1.70. The highest BCUT2D eigenvalue weighted by Gasteiger charge is 2.13. The van der Waals surface area contributed by atoms with E-state index in [0.717, 1.165) is 28.0 Å². The second-order valence-corrected chi connectivity index (χ2v) is 4.87. The lowest BCUT2D eigenvalue weighted by Gasteiger charge is -2.13. The molecular weight excluding hydrogens is 294 g/mol. The van der Waals surface area contributed by atoms with Gasteiger partial charge in [0, 0.05) is 26.7 Å². The number of nitrogens with zero attached hydrogens (tertiary/aromatic N) is 2. The maximum atomic E-state index is 11.9. The Morgan fingerprint density at radius 1 is 1.24 bits per heavy atom. The number of thiocarbonyl (C=S) groups is 1. The molecule has 0 saturated carbocycles. The fourth-order valence-electron chi connectivity index (χ4n) is 1.55. The first-order valence-electron chi connectivity index (χ1n) is 6.49. The largest absolute Gasteiger partial charge is 0.361 e. The molecular formula is C12H19N5O3S. The predicted octanol–water partition coefficient (Wildman–Crippen LogP) is -1.01. The highest BCUT2D eigenvalue weighted by Crippen LogP contribution is 1.89. The Labute approximate surface area is 127 Å². The molecule has 0 atom stereocenters. The molecule has 0 radical (unpaired) electrons. The molecule has 8 nitrogen and oxygen atoms in total. The molecule has 0 bridgehead atoms. The summed E-state index contributed by atoms with van der Waals surface area (Å²) in [5.41, 5.74) is 3.69. The molecule has 3 N–H and O–H groups in total. The van der Waals surface area contributed by atoms with E-state index in [-0.39, 0.29) is 10.8 Å². The van der Waals surface area contributed by atoms with Gasteiger partial charge in [-0.25, -0.2) is 4.79 Å². The minimum Gasteiger partial charge on any atom is -0.361 e. The van der Waals surface area contributed by atoms with Crippen LogP contribution in [0, 0.1) is 0 Å². The summed E-state index contributed by atoms with van der Waals surface area (Å²) in [7, 11) is 2.76. The number of hydrogen-bond donors (Lipinski definition) is 3. The van der Waals surface area contributed by atoms with E-state index in [9.17, 15) is 14.4 Å². The normalized spacial score (nSPS) is 10.0. The van der Waals surface area contributed by atoms with Gasteiger partial charge < -0.3 is 5.32 Å². The van der Waals surface area contributed by atoms with Crippen LogP contribution in [0.4, 0.5) is 0 Å². The topological polar surface area (TPSA) is 97.2 Å². The minimum absolute atomic E-state index is 0.0491. The first kappa shape index (κ1) is 16.9. The van der Waals surface area contributed by atoms with Crippen molar-refractivity contribution in [3.8, 4) is 0 Å². The maximum absolute atomic E-state index is 11.9. The van der Waals surface area contributed by atoms with E-state index in [1.54, 1.807) is 0 Å². The Morgan fingerprint density at radius 3 is 2.52 bits per heavy atom. The van der Waals surface area contributed by atoms with Crippen molar-refractivity contribution >= 4 is 23.2 Å². The first-order valence-corrected chi connectivity index (χ1v) is 6.90. The van der Waals surface area contributed by atoms with Gasteiger partial charge >= 0.3 is 5.69 Å². The van der Waals surface area contributed by atoms with Gasteiger partial charge in [0.2, 0.25) is 0 Å². The molecule has 0 aromatic carbocycles. The zero-order chi connectivity index (χ0) is 16.0. The molecule has 1 aromatic heterocycles. The summed E-state index contributed by atoms with van der Waals surface area (Å²) in [5, 5.41) is 3.18. The number of nitrogens with one attached hydrogen (secondary N) is 3. The molecule has 1 aromatic rings. The third-order valence-electron chi connectivity index (χ3n) is 2.86. The van der Waals surface area contributed by atoms with Crippen molar-refractivity contribution in [2.24, 2.45) is 14.1 Å². The summed E-state index contributed by atoms with van der Waals surface area (Å²) in [5.74, 6) is -0.619. The minimum atomic E-state index is -0.619. The summed E-state index contributed by atoms with van der Waals surface area (Å²) in [6.45, 7) is 2.75. The zero-order valence-corrected chi connectivity index (χ0v) is 13.0. The van der Waals surface area contributed by atoms with Crippen molar-refractivity contribution in [1.29, 1.82) is 0 Å². The van der Waals surface area contributed by atoms with Crippen LogP contribution in [0.1, 0.15) is 30.3 Å². The summed E-state index contributed by atoms with van der Waals surface area (Å²) < 4.78 is 2.01. The average Bonchev–Trinajstić information content (AvgIpc) is 2.46. The predicted molar refractivity (Wildman–Crippen MR) is 83.0 cm³/mol. The number of aromatic nitrogens is 2. The smallest absolute Gasteiger partial charge is 0.331 e. The number of amides is 1. The molecule has 0 saturated heterocycles. The van der Waals surface area contributed by atoms with Crippen molar-refractivity contribution in [2.75, 3.05) is 6.54 Å². The van der Waals surface area contributed by atoms with Gasteiger partial charge in [-0.15, -0.1) is 0 Å². The molecule has 0 aliphatic heterocycles. The van der Waals surface area contributed by atoms with Gasteiger partial charge in [-0.2, -0.15) is 0 Å². The van der Waals surface area contributed by atoms with E-state index < -0.39 is 17.2 Å². The molecule has 0 aliphatic carbocycles. The SMILES string of the molecule is CCCCNC(=S)NNC(=O)c1cc(=O)n(C)c(=O)n1C. The monoisotopic (exact) mass is 313 g/mol. The number of rotatable bonds is 4. The number of hydrazine groups is 1. The van der Waals surface area contributed by atoms with Crippen LogP contribution in [0.25, 0.3) is 0 Å². The lowest BCUT2D eigenvalue weighted by Crippen LogP contribution is -2.49. The Balaban J connectivity index is 2.71. The van der Waals surface area contributed by atoms with Gasteiger partial charge in [-0.1, -0.05) is 13.3 Å². The number of unbranched alkanes of at least 4 members (excludes halogenated alkanes) is 1. The van der Waals surface area contributed by atoms with E-state index in [0.29, 0.717) is 6.54 Å². The van der Waals surface area contributed by atoms with E-state index in [2.05, 4.69) is 23.1 Å². The highest BCUT2D eigenvalue weighted by molar-refractivity contribution is 7.80. The second-order valence-electron chi connectivity index (χ2n) is 4.46. The molecule has 1 heterocycles. The quantitative estimate of drug-likeness (QED) is 0.374. The van der Waals surface area contributed by atoms with Gasteiger partial charge in [0.15, 0.2) is 5.11 Å². The molecule has 0 aliphatic rings. The molecule has 0 fully saturated rings. The molecule has 9 heteroatoms. The maximum Gasteiger partial charge on any atom is 0.331 e. The van der Waals surface area contributed by atoms with Crippen LogP contribution >= 0.6 is 12.2 Å². The van der Waals surface area contributed by atoms with E-state index in [4.69, 9.17) is 12.2 Å². The summed E-state index contributed by atoms with van der Waals surface area (Å²) in [4.78, 5) is 35.2. The van der Waals surface area contributed by atoms with Gasteiger partial charge in [0.25, 0.3) is 11.5 Å². The molecule has 1 rings (SSSR count). The average molecular weight is 313 g/mol. The van der Waals surface area contributed by atoms with E-state index >= 15 is 0 Å². The van der Waals surface area contributed by atoms with Gasteiger partial charge in [0.1, 0.15) is 5.69 Å². The first-order chi connectivity index (χ1) is 9.88. The molecule has 0 spiro atoms. The molecule has 1 amide bonds. The molecule has 21 heavy (non-hydrogen) atoms. The Bertz CT molecular complexity index is 649. The van der Waals surface area contributed by atoms with Crippen LogP contribution in [0.2, 0.25) is 0 Å². The van der Waals surface area contributed by atoms with Crippen LogP contribution in [0.3, 0.4) is 0 Å². The third kappa shape index (κ3) is 4.42. The second kappa shape index (κ2) is 7.58. The number of carbonyl (C=O) groups is 1.